The Kier molecular flexibility index (Phi) is 4.62. The molecule has 0 aromatic heterocycles. The normalized spacial score (nSPS) is 18.3. The molecule has 1 aliphatic carbocycles. The molecule has 0 bridgehead atoms. The molecule has 0 saturated heterocycles. The van der Waals surface area contributed by atoms with Crippen LogP contribution in [0.25, 0.3) is 0 Å². The SMILES string of the molecule is CC(C)(C)OC(=O)N1CCc2cccc(CNC3CCCC3)c21. The molecule has 0 spiro atoms. The maximum absolute atomic E-state index is 12.5. The van der Waals surface area contributed by atoms with Gasteiger partial charge in [0.25, 0.3) is 0 Å². The quantitative estimate of drug-likeness (QED) is 0.916. The van der Waals surface area contributed by atoms with Crippen LogP contribution < -0.4 is 10.2 Å². The minimum Gasteiger partial charge on any atom is -0.443 e. The van der Waals surface area contributed by atoms with Crippen molar-refractivity contribution in [3.05, 3.63) is 29.3 Å². The molecule has 23 heavy (non-hydrogen) atoms. The van der Waals surface area contributed by atoms with Gasteiger partial charge in [0, 0.05) is 19.1 Å². The van der Waals surface area contributed by atoms with E-state index in [-0.39, 0.29) is 6.09 Å². The van der Waals surface area contributed by atoms with Crippen LogP contribution in [0, 0.1) is 0 Å². The molecule has 1 saturated carbocycles. The Balaban J connectivity index is 1.75. The van der Waals surface area contributed by atoms with Crippen LogP contribution in [0.2, 0.25) is 0 Å². The van der Waals surface area contributed by atoms with Crippen LogP contribution in [-0.4, -0.2) is 24.3 Å². The van der Waals surface area contributed by atoms with E-state index in [2.05, 4.69) is 23.5 Å². The average molecular weight is 316 g/mol. The van der Waals surface area contributed by atoms with Gasteiger partial charge in [-0.2, -0.15) is 0 Å². The van der Waals surface area contributed by atoms with Crippen LogP contribution in [0.5, 0.6) is 0 Å². The van der Waals surface area contributed by atoms with E-state index in [1.165, 1.54) is 36.8 Å². The molecule has 2 aliphatic rings. The zero-order chi connectivity index (χ0) is 16.4. The number of carbonyl (C=O) groups excluding carboxylic acids is 1. The van der Waals surface area contributed by atoms with Crippen molar-refractivity contribution in [1.29, 1.82) is 0 Å². The van der Waals surface area contributed by atoms with E-state index in [0.29, 0.717) is 12.6 Å². The highest BCUT2D eigenvalue weighted by molar-refractivity contribution is 5.91. The largest absolute Gasteiger partial charge is 0.443 e. The van der Waals surface area contributed by atoms with Crippen molar-refractivity contribution in [2.75, 3.05) is 11.4 Å². The Labute approximate surface area is 139 Å². The van der Waals surface area contributed by atoms with Crippen molar-refractivity contribution >= 4 is 11.8 Å². The van der Waals surface area contributed by atoms with Crippen LogP contribution in [0.4, 0.5) is 10.5 Å². The highest BCUT2D eigenvalue weighted by Crippen LogP contribution is 2.33. The van der Waals surface area contributed by atoms with Crippen molar-refractivity contribution in [1.82, 2.24) is 5.32 Å². The minimum atomic E-state index is -0.461. The first-order valence-corrected chi connectivity index (χ1v) is 8.79. The molecular formula is C19H28N2O2. The summed E-state index contributed by atoms with van der Waals surface area (Å²) in [5, 5.41) is 3.66. The van der Waals surface area contributed by atoms with E-state index in [4.69, 9.17) is 4.74 Å². The molecule has 4 nitrogen and oxygen atoms in total. The number of rotatable bonds is 3. The lowest BCUT2D eigenvalue weighted by Gasteiger charge is -2.26. The van der Waals surface area contributed by atoms with Crippen LogP contribution in [0.15, 0.2) is 18.2 Å². The minimum absolute atomic E-state index is 0.232. The summed E-state index contributed by atoms with van der Waals surface area (Å²) in [7, 11) is 0. The van der Waals surface area contributed by atoms with Crippen LogP contribution in [0.1, 0.15) is 57.6 Å². The molecule has 1 N–H and O–H groups in total. The monoisotopic (exact) mass is 316 g/mol. The number of nitrogens with one attached hydrogen (secondary N) is 1. The summed E-state index contributed by atoms with van der Waals surface area (Å²) < 4.78 is 5.58. The molecule has 0 radical (unpaired) electrons. The van der Waals surface area contributed by atoms with Gasteiger partial charge >= 0.3 is 6.09 Å². The third-order valence-corrected chi connectivity index (χ3v) is 4.63. The molecule has 1 aromatic rings. The van der Waals surface area contributed by atoms with Gasteiger partial charge in [0.05, 0.1) is 5.69 Å². The van der Waals surface area contributed by atoms with Gasteiger partial charge in [0.2, 0.25) is 0 Å². The summed E-state index contributed by atoms with van der Waals surface area (Å²) >= 11 is 0. The summed E-state index contributed by atoms with van der Waals surface area (Å²) in [6.07, 6.45) is 5.87. The molecule has 1 aromatic carbocycles. The van der Waals surface area contributed by atoms with Gasteiger partial charge in [-0.1, -0.05) is 31.0 Å². The zero-order valence-electron chi connectivity index (χ0n) is 14.5. The number of amides is 1. The summed E-state index contributed by atoms with van der Waals surface area (Å²) in [6, 6.07) is 6.98. The second kappa shape index (κ2) is 6.52. The summed E-state index contributed by atoms with van der Waals surface area (Å²) in [4.78, 5) is 14.3. The van der Waals surface area contributed by atoms with Crippen LogP contribution in [-0.2, 0) is 17.7 Å². The van der Waals surface area contributed by atoms with Gasteiger partial charge < -0.3 is 10.1 Å². The Morgan fingerprint density at radius 1 is 1.30 bits per heavy atom. The predicted octanol–water partition coefficient (Wildman–Crippen LogP) is 4.02. The van der Waals surface area contributed by atoms with Crippen molar-refractivity contribution < 1.29 is 9.53 Å². The fourth-order valence-electron chi connectivity index (χ4n) is 3.56. The maximum atomic E-state index is 12.5. The number of nitrogens with zero attached hydrogens (tertiary/aromatic N) is 1. The molecule has 1 amide bonds. The summed E-state index contributed by atoms with van der Waals surface area (Å²) in [5.41, 5.74) is 3.06. The van der Waals surface area contributed by atoms with E-state index < -0.39 is 5.60 Å². The van der Waals surface area contributed by atoms with Gasteiger partial charge in [-0.25, -0.2) is 4.79 Å². The lowest BCUT2D eigenvalue weighted by molar-refractivity contribution is 0.0583. The molecule has 0 atom stereocenters. The van der Waals surface area contributed by atoms with E-state index in [1.54, 1.807) is 0 Å². The maximum Gasteiger partial charge on any atom is 0.414 e. The molecule has 1 heterocycles. The number of anilines is 1. The molecular weight excluding hydrogens is 288 g/mol. The van der Waals surface area contributed by atoms with Gasteiger partial charge in [0.15, 0.2) is 0 Å². The molecule has 4 heteroatoms. The first-order chi connectivity index (χ1) is 10.9. The molecule has 1 aliphatic heterocycles. The smallest absolute Gasteiger partial charge is 0.414 e. The first kappa shape index (κ1) is 16.3. The fourth-order valence-corrected chi connectivity index (χ4v) is 3.56. The molecule has 1 fully saturated rings. The van der Waals surface area contributed by atoms with Crippen molar-refractivity contribution in [2.45, 2.75) is 71.1 Å². The third kappa shape index (κ3) is 3.86. The number of hydrogen-bond donors (Lipinski definition) is 1. The van der Waals surface area contributed by atoms with Gasteiger partial charge in [-0.3, -0.25) is 4.90 Å². The number of fused-ring (bicyclic) bond motifs is 1. The van der Waals surface area contributed by atoms with Crippen molar-refractivity contribution in [3.63, 3.8) is 0 Å². The fraction of sp³-hybridized carbons (Fsp3) is 0.632. The van der Waals surface area contributed by atoms with E-state index in [0.717, 1.165) is 18.7 Å². The standard InChI is InChI=1S/C19H28N2O2/c1-19(2,3)23-18(22)21-12-11-14-7-6-8-15(17(14)21)13-20-16-9-4-5-10-16/h6-8,16,20H,4-5,9-13H2,1-3H3. The highest BCUT2D eigenvalue weighted by Gasteiger charge is 2.30. The van der Waals surface area contributed by atoms with Crippen LogP contribution >= 0.6 is 0 Å². The Hall–Kier alpha value is -1.55. The highest BCUT2D eigenvalue weighted by atomic mass is 16.6. The number of hydrogen-bond acceptors (Lipinski definition) is 3. The average Bonchev–Trinajstić information content (AvgIpc) is 3.12. The van der Waals surface area contributed by atoms with E-state index in [9.17, 15) is 4.79 Å². The number of para-hydroxylation sites is 1. The summed E-state index contributed by atoms with van der Waals surface area (Å²) in [6.45, 7) is 7.28. The Morgan fingerprint density at radius 3 is 2.74 bits per heavy atom. The topological polar surface area (TPSA) is 41.6 Å². The third-order valence-electron chi connectivity index (χ3n) is 4.63. The van der Waals surface area contributed by atoms with Crippen molar-refractivity contribution in [2.24, 2.45) is 0 Å². The second-order valence-electron chi connectivity index (χ2n) is 7.67. The van der Waals surface area contributed by atoms with Gasteiger partial charge in [0.1, 0.15) is 5.60 Å². The first-order valence-electron chi connectivity index (χ1n) is 8.79. The second-order valence-corrected chi connectivity index (χ2v) is 7.67. The molecule has 3 rings (SSSR count). The predicted molar refractivity (Wildman–Crippen MR) is 92.8 cm³/mol. The lowest BCUT2D eigenvalue weighted by Crippen LogP contribution is -2.36. The number of benzene rings is 1. The van der Waals surface area contributed by atoms with Gasteiger partial charge in [-0.05, 0) is 51.2 Å². The number of ether oxygens (including phenoxy) is 1. The number of carbonyl (C=O) groups is 1. The zero-order valence-corrected chi connectivity index (χ0v) is 14.5. The Bertz CT molecular complexity index is 571. The van der Waals surface area contributed by atoms with Gasteiger partial charge in [-0.15, -0.1) is 0 Å². The lowest BCUT2D eigenvalue weighted by atomic mass is 10.1. The van der Waals surface area contributed by atoms with E-state index in [1.807, 2.05) is 25.7 Å². The van der Waals surface area contributed by atoms with Crippen LogP contribution in [0.3, 0.4) is 0 Å². The summed E-state index contributed by atoms with van der Waals surface area (Å²) in [5.74, 6) is 0. The Morgan fingerprint density at radius 2 is 2.04 bits per heavy atom. The van der Waals surface area contributed by atoms with Crippen molar-refractivity contribution in [3.8, 4) is 0 Å². The molecule has 126 valence electrons. The molecule has 0 unspecified atom stereocenters. The van der Waals surface area contributed by atoms with E-state index >= 15 is 0 Å².